The maximum absolute atomic E-state index is 10.8. The maximum Gasteiger partial charge on any atom is 0.210 e. The van der Waals surface area contributed by atoms with Crippen molar-refractivity contribution in [3.8, 4) is 0 Å². The lowest BCUT2D eigenvalue weighted by molar-refractivity contribution is -0.117. The van der Waals surface area contributed by atoms with Gasteiger partial charge in [0.05, 0.1) is 6.61 Å². The van der Waals surface area contributed by atoms with Gasteiger partial charge in [-0.25, -0.2) is 0 Å². The van der Waals surface area contributed by atoms with Gasteiger partial charge < -0.3 is 14.4 Å². The minimum atomic E-state index is 0.433. The maximum atomic E-state index is 10.8. The Morgan fingerprint density at radius 1 is 1.50 bits per heavy atom. The summed E-state index contributed by atoms with van der Waals surface area (Å²) in [5.74, 6) is 0.780. The van der Waals surface area contributed by atoms with Crippen molar-refractivity contribution in [2.45, 2.75) is 13.3 Å². The summed E-state index contributed by atoms with van der Waals surface area (Å²) in [6.07, 6.45) is 5.52. The molecule has 1 rings (SSSR count). The van der Waals surface area contributed by atoms with Crippen LogP contribution < -0.4 is 0 Å². The number of hydrogen-bond acceptors (Lipinski definition) is 3. The third kappa shape index (κ3) is 4.04. The Bertz CT molecular complexity index is 350. The third-order valence-corrected chi connectivity index (χ3v) is 2.80. The van der Waals surface area contributed by atoms with Gasteiger partial charge in [0.1, 0.15) is 12.4 Å². The molecule has 0 aromatic carbocycles. The van der Waals surface area contributed by atoms with E-state index < -0.39 is 0 Å². The molecule has 0 atom stereocenters. The van der Waals surface area contributed by atoms with Crippen molar-refractivity contribution in [1.82, 2.24) is 4.90 Å². The molecule has 0 unspecified atom stereocenters. The highest BCUT2D eigenvalue weighted by molar-refractivity contribution is 5.51. The minimum Gasteiger partial charge on any atom is -0.496 e. The number of nitrogens with zero attached hydrogens (tertiary/aromatic N) is 1. The minimum absolute atomic E-state index is 0.433. The lowest BCUT2D eigenvalue weighted by atomic mass is 9.99. The van der Waals surface area contributed by atoms with Crippen LogP contribution in [0.15, 0.2) is 35.6 Å². The summed E-state index contributed by atoms with van der Waals surface area (Å²) in [5, 5.41) is 0. The van der Waals surface area contributed by atoms with Crippen molar-refractivity contribution in [2.24, 2.45) is 0 Å². The number of allylic oxidation sites excluding steroid dienone is 1. The molecule has 4 nitrogen and oxygen atoms in total. The second kappa shape index (κ2) is 7.71. The average molecular weight is 251 g/mol. The first-order valence-corrected chi connectivity index (χ1v) is 6.11. The highest BCUT2D eigenvalue weighted by Crippen LogP contribution is 2.20. The Morgan fingerprint density at radius 3 is 2.83 bits per heavy atom. The van der Waals surface area contributed by atoms with Gasteiger partial charge in [0.15, 0.2) is 0 Å². The summed E-state index contributed by atoms with van der Waals surface area (Å²) < 4.78 is 10.6. The van der Waals surface area contributed by atoms with Crippen LogP contribution in [0.1, 0.15) is 13.3 Å². The van der Waals surface area contributed by atoms with Crippen molar-refractivity contribution in [3.63, 3.8) is 0 Å². The summed E-state index contributed by atoms with van der Waals surface area (Å²) in [4.78, 5) is 12.6. The average Bonchev–Trinajstić information content (AvgIpc) is 2.39. The van der Waals surface area contributed by atoms with E-state index in [2.05, 4.69) is 6.58 Å². The second-order valence-electron chi connectivity index (χ2n) is 4.06. The van der Waals surface area contributed by atoms with Gasteiger partial charge in [0.2, 0.25) is 6.41 Å². The van der Waals surface area contributed by atoms with Crippen LogP contribution in [0.25, 0.3) is 0 Å². The molecule has 1 heterocycles. The molecule has 0 saturated carbocycles. The molecule has 100 valence electrons. The van der Waals surface area contributed by atoms with E-state index in [9.17, 15) is 4.79 Å². The van der Waals surface area contributed by atoms with E-state index in [-0.39, 0.29) is 0 Å². The third-order valence-electron chi connectivity index (χ3n) is 2.80. The molecule has 1 aliphatic rings. The van der Waals surface area contributed by atoms with E-state index in [0.717, 1.165) is 30.7 Å². The lowest BCUT2D eigenvalue weighted by Crippen LogP contribution is -2.30. The Balaban J connectivity index is 2.92. The summed E-state index contributed by atoms with van der Waals surface area (Å²) in [6, 6.07) is 0. The molecule has 0 aromatic rings. The van der Waals surface area contributed by atoms with Crippen molar-refractivity contribution < 1.29 is 14.3 Å². The number of ether oxygens (including phenoxy) is 2. The number of methoxy groups -OCH3 is 1. The first-order chi connectivity index (χ1) is 8.74. The fourth-order valence-electron chi connectivity index (χ4n) is 1.93. The van der Waals surface area contributed by atoms with Crippen LogP contribution in [-0.4, -0.2) is 44.7 Å². The second-order valence-corrected chi connectivity index (χ2v) is 4.06. The van der Waals surface area contributed by atoms with E-state index in [1.165, 1.54) is 5.57 Å². The van der Waals surface area contributed by atoms with Gasteiger partial charge >= 0.3 is 0 Å². The summed E-state index contributed by atoms with van der Waals surface area (Å²) in [5.41, 5.74) is 2.24. The summed E-state index contributed by atoms with van der Waals surface area (Å²) in [7, 11) is 1.63. The smallest absolute Gasteiger partial charge is 0.210 e. The Hall–Kier alpha value is -1.55. The highest BCUT2D eigenvalue weighted by Gasteiger charge is 2.15. The van der Waals surface area contributed by atoms with E-state index in [0.29, 0.717) is 19.8 Å². The van der Waals surface area contributed by atoms with Crippen LogP contribution >= 0.6 is 0 Å². The number of carbonyl (C=O) groups excluding carboxylic acids is 1. The molecule has 0 spiro atoms. The molecule has 0 N–H and O–H groups in total. The zero-order chi connectivity index (χ0) is 13.4. The molecule has 1 aliphatic heterocycles. The molecule has 0 saturated heterocycles. The van der Waals surface area contributed by atoms with Gasteiger partial charge in [-0.2, -0.15) is 0 Å². The first-order valence-electron chi connectivity index (χ1n) is 6.11. The number of rotatable bonds is 7. The highest BCUT2D eigenvalue weighted by atomic mass is 16.5. The largest absolute Gasteiger partial charge is 0.496 e. The van der Waals surface area contributed by atoms with E-state index >= 15 is 0 Å². The van der Waals surface area contributed by atoms with E-state index in [4.69, 9.17) is 9.47 Å². The number of carbonyl (C=O) groups is 1. The van der Waals surface area contributed by atoms with E-state index in [1.807, 2.05) is 19.1 Å². The van der Waals surface area contributed by atoms with Gasteiger partial charge in [-0.15, -0.1) is 0 Å². The lowest BCUT2D eigenvalue weighted by Gasteiger charge is -2.25. The van der Waals surface area contributed by atoms with Crippen LogP contribution in [0.4, 0.5) is 0 Å². The Kier molecular flexibility index (Phi) is 6.22. The monoisotopic (exact) mass is 251 g/mol. The molecule has 1 amide bonds. The fourth-order valence-corrected chi connectivity index (χ4v) is 1.93. The molecular formula is C14H21NO3. The van der Waals surface area contributed by atoms with Gasteiger partial charge in [0, 0.05) is 20.2 Å². The molecule has 0 aliphatic carbocycles. The molecule has 18 heavy (non-hydrogen) atoms. The van der Waals surface area contributed by atoms with Crippen LogP contribution in [-0.2, 0) is 14.3 Å². The van der Waals surface area contributed by atoms with Crippen LogP contribution in [0.3, 0.4) is 0 Å². The molecule has 0 bridgehead atoms. The standard InChI is InChI=1S/C14H21NO3/c1-4-12-6-7-15(11-16)9-13(12)8-14(10-17-3)18-5-2/h4,8,11H,1,5-7,9-10H2,2-3H3/b14-8+. The zero-order valence-corrected chi connectivity index (χ0v) is 11.1. The fraction of sp³-hybridized carbons (Fsp3) is 0.500. The molecular weight excluding hydrogens is 230 g/mol. The van der Waals surface area contributed by atoms with Crippen LogP contribution in [0, 0.1) is 0 Å². The summed E-state index contributed by atoms with van der Waals surface area (Å²) in [6.45, 7) is 8.14. The number of amides is 1. The van der Waals surface area contributed by atoms with E-state index in [1.54, 1.807) is 12.0 Å². The Labute approximate surface area is 109 Å². The topological polar surface area (TPSA) is 38.8 Å². The van der Waals surface area contributed by atoms with Crippen molar-refractivity contribution in [1.29, 1.82) is 0 Å². The SMILES string of the molecule is C=CC1=C(/C=C(\COC)OCC)CN(C=O)CC1. The van der Waals surface area contributed by atoms with Gasteiger partial charge in [-0.3, -0.25) is 4.79 Å². The van der Waals surface area contributed by atoms with Crippen molar-refractivity contribution in [2.75, 3.05) is 33.4 Å². The quantitative estimate of drug-likeness (QED) is 0.512. The van der Waals surface area contributed by atoms with Crippen molar-refractivity contribution >= 4 is 6.41 Å². The van der Waals surface area contributed by atoms with Gasteiger partial charge in [-0.05, 0) is 30.6 Å². The van der Waals surface area contributed by atoms with Gasteiger partial charge in [-0.1, -0.05) is 12.7 Å². The zero-order valence-electron chi connectivity index (χ0n) is 11.1. The predicted octanol–water partition coefficient (Wildman–Crippen LogP) is 1.90. The van der Waals surface area contributed by atoms with Crippen LogP contribution in [0.2, 0.25) is 0 Å². The normalized spacial score (nSPS) is 16.8. The predicted molar refractivity (Wildman–Crippen MR) is 71.1 cm³/mol. The first kappa shape index (κ1) is 14.5. The van der Waals surface area contributed by atoms with Gasteiger partial charge in [0.25, 0.3) is 0 Å². The molecule has 4 heteroatoms. The number of hydrogen-bond donors (Lipinski definition) is 0. The van der Waals surface area contributed by atoms with Crippen LogP contribution in [0.5, 0.6) is 0 Å². The molecule has 0 radical (unpaired) electrons. The summed E-state index contributed by atoms with van der Waals surface area (Å²) >= 11 is 0. The Morgan fingerprint density at radius 2 is 2.28 bits per heavy atom. The molecule has 0 fully saturated rings. The van der Waals surface area contributed by atoms with Crippen molar-refractivity contribution in [3.05, 3.63) is 35.6 Å². The molecule has 0 aromatic heterocycles.